The molecule has 3 rings (SSSR count). The maximum Gasteiger partial charge on any atom is 0.223 e. The molecular weight excluding hydrogens is 336 g/mol. The van der Waals surface area contributed by atoms with Crippen LogP contribution in [0, 0.1) is 0 Å². The van der Waals surface area contributed by atoms with Gasteiger partial charge in [-0.25, -0.2) is 0 Å². The normalized spacial score (nSPS) is 18.9. The lowest BCUT2D eigenvalue weighted by atomic mass is 9.81. The summed E-state index contributed by atoms with van der Waals surface area (Å²) < 4.78 is 0. The number of carbonyl (C=O) groups excluding carboxylic acids is 1. The van der Waals surface area contributed by atoms with Crippen molar-refractivity contribution in [3.05, 3.63) is 71.8 Å². The summed E-state index contributed by atoms with van der Waals surface area (Å²) in [5, 5.41) is 10.4. The van der Waals surface area contributed by atoms with Gasteiger partial charge < -0.3 is 10.0 Å². The SMILES string of the molecule is CC(C)(CC(=O)N1CCN(Cc2ccccc2)C[C@@H](O)C1)c1ccccc1. The molecule has 0 saturated carbocycles. The minimum absolute atomic E-state index is 0.115. The van der Waals surface area contributed by atoms with E-state index < -0.39 is 6.10 Å². The minimum atomic E-state index is -0.514. The van der Waals surface area contributed by atoms with Crippen molar-refractivity contribution in [1.82, 2.24) is 9.80 Å². The molecule has 1 aliphatic heterocycles. The lowest BCUT2D eigenvalue weighted by molar-refractivity contribution is -0.133. The fourth-order valence-corrected chi connectivity index (χ4v) is 3.75. The third kappa shape index (κ3) is 5.41. The highest BCUT2D eigenvalue weighted by Gasteiger charge is 2.30. The minimum Gasteiger partial charge on any atom is -0.390 e. The van der Waals surface area contributed by atoms with E-state index in [9.17, 15) is 9.90 Å². The zero-order valence-electron chi connectivity index (χ0n) is 16.3. The summed E-state index contributed by atoms with van der Waals surface area (Å²) in [5.41, 5.74) is 2.17. The molecule has 0 bridgehead atoms. The van der Waals surface area contributed by atoms with E-state index in [1.807, 2.05) is 41.3 Å². The molecule has 0 aliphatic carbocycles. The van der Waals surface area contributed by atoms with Gasteiger partial charge in [-0.2, -0.15) is 0 Å². The average Bonchev–Trinajstić information content (AvgIpc) is 2.84. The molecule has 2 aromatic rings. The lowest BCUT2D eigenvalue weighted by Crippen LogP contribution is -2.40. The largest absolute Gasteiger partial charge is 0.390 e. The Bertz CT molecular complexity index is 731. The summed E-state index contributed by atoms with van der Waals surface area (Å²) in [6, 6.07) is 20.4. The predicted octanol–water partition coefficient (Wildman–Crippen LogP) is 3.06. The molecule has 0 aromatic heterocycles. The third-order valence-electron chi connectivity index (χ3n) is 5.34. The lowest BCUT2D eigenvalue weighted by Gasteiger charge is -2.29. The molecule has 1 atom stereocenters. The number of aliphatic hydroxyl groups excluding tert-OH is 1. The molecule has 1 saturated heterocycles. The van der Waals surface area contributed by atoms with Crippen LogP contribution in [0.2, 0.25) is 0 Å². The summed E-state index contributed by atoms with van der Waals surface area (Å²) >= 11 is 0. The second-order valence-corrected chi connectivity index (χ2v) is 8.14. The topological polar surface area (TPSA) is 43.8 Å². The van der Waals surface area contributed by atoms with E-state index in [2.05, 4.69) is 43.0 Å². The Morgan fingerprint density at radius 2 is 1.63 bits per heavy atom. The Balaban J connectivity index is 1.61. The van der Waals surface area contributed by atoms with Crippen molar-refractivity contribution in [3.8, 4) is 0 Å². The fraction of sp³-hybridized carbons (Fsp3) is 0.435. The van der Waals surface area contributed by atoms with E-state index in [1.54, 1.807) is 0 Å². The summed E-state index contributed by atoms with van der Waals surface area (Å²) in [6.07, 6.45) is -0.0670. The zero-order valence-corrected chi connectivity index (χ0v) is 16.3. The predicted molar refractivity (Wildman–Crippen MR) is 108 cm³/mol. The molecule has 0 unspecified atom stereocenters. The number of hydrogen-bond donors (Lipinski definition) is 1. The van der Waals surface area contributed by atoms with Gasteiger partial charge in [0.2, 0.25) is 5.91 Å². The van der Waals surface area contributed by atoms with E-state index >= 15 is 0 Å². The first kappa shape index (κ1) is 19.6. The van der Waals surface area contributed by atoms with Crippen LogP contribution in [0.1, 0.15) is 31.4 Å². The highest BCUT2D eigenvalue weighted by molar-refractivity contribution is 5.77. The quantitative estimate of drug-likeness (QED) is 0.884. The van der Waals surface area contributed by atoms with Crippen molar-refractivity contribution in [1.29, 1.82) is 0 Å². The Morgan fingerprint density at radius 3 is 2.30 bits per heavy atom. The molecule has 1 amide bonds. The zero-order chi connectivity index (χ0) is 19.3. The van der Waals surface area contributed by atoms with Crippen LogP contribution in [-0.4, -0.2) is 53.1 Å². The fourth-order valence-electron chi connectivity index (χ4n) is 3.75. The summed E-state index contributed by atoms with van der Waals surface area (Å²) in [4.78, 5) is 17.0. The van der Waals surface area contributed by atoms with E-state index in [1.165, 1.54) is 11.1 Å². The number of aliphatic hydroxyl groups is 1. The molecule has 1 fully saturated rings. The molecule has 4 heteroatoms. The van der Waals surface area contributed by atoms with Crippen LogP contribution >= 0.6 is 0 Å². The van der Waals surface area contributed by atoms with Crippen LogP contribution in [-0.2, 0) is 16.8 Å². The first-order valence-electron chi connectivity index (χ1n) is 9.72. The highest BCUT2D eigenvalue weighted by Crippen LogP contribution is 2.27. The van der Waals surface area contributed by atoms with Crippen LogP contribution in [0.5, 0.6) is 0 Å². The number of carbonyl (C=O) groups is 1. The van der Waals surface area contributed by atoms with Crippen molar-refractivity contribution < 1.29 is 9.90 Å². The smallest absolute Gasteiger partial charge is 0.223 e. The molecule has 1 aliphatic rings. The van der Waals surface area contributed by atoms with E-state index in [4.69, 9.17) is 0 Å². The number of rotatable bonds is 5. The van der Waals surface area contributed by atoms with Gasteiger partial charge in [-0.05, 0) is 16.5 Å². The Kier molecular flexibility index (Phi) is 6.30. The maximum atomic E-state index is 12.9. The van der Waals surface area contributed by atoms with Gasteiger partial charge in [0, 0.05) is 39.1 Å². The Labute approximate surface area is 162 Å². The maximum absolute atomic E-state index is 12.9. The molecule has 1 heterocycles. The summed E-state index contributed by atoms with van der Waals surface area (Å²) in [6.45, 7) is 7.47. The Hall–Kier alpha value is -2.17. The molecular formula is C23H30N2O2. The van der Waals surface area contributed by atoms with Gasteiger partial charge in [0.05, 0.1) is 6.10 Å². The standard InChI is InChI=1S/C23H30N2O2/c1-23(2,20-11-7-4-8-12-20)15-22(27)25-14-13-24(17-21(26)18-25)16-19-9-5-3-6-10-19/h3-12,21,26H,13-18H2,1-2H3/t21-/m1/s1. The van der Waals surface area contributed by atoms with Crippen LogP contribution in [0.25, 0.3) is 0 Å². The van der Waals surface area contributed by atoms with Crippen LogP contribution in [0.15, 0.2) is 60.7 Å². The van der Waals surface area contributed by atoms with Crippen LogP contribution < -0.4 is 0 Å². The van der Waals surface area contributed by atoms with Gasteiger partial charge in [0.15, 0.2) is 0 Å². The van der Waals surface area contributed by atoms with E-state index in [0.717, 1.165) is 13.1 Å². The van der Waals surface area contributed by atoms with Gasteiger partial charge in [0.1, 0.15) is 0 Å². The van der Waals surface area contributed by atoms with E-state index in [-0.39, 0.29) is 11.3 Å². The van der Waals surface area contributed by atoms with Crippen molar-refractivity contribution in [2.24, 2.45) is 0 Å². The molecule has 0 radical (unpaired) electrons. The summed E-state index contributed by atoms with van der Waals surface area (Å²) in [5.74, 6) is 0.115. The van der Waals surface area contributed by atoms with Gasteiger partial charge in [-0.15, -0.1) is 0 Å². The van der Waals surface area contributed by atoms with Crippen molar-refractivity contribution in [2.45, 2.75) is 38.3 Å². The first-order chi connectivity index (χ1) is 12.9. The van der Waals surface area contributed by atoms with Crippen LogP contribution in [0.4, 0.5) is 0 Å². The third-order valence-corrected chi connectivity index (χ3v) is 5.34. The van der Waals surface area contributed by atoms with E-state index in [0.29, 0.717) is 26.1 Å². The Morgan fingerprint density at radius 1 is 1.00 bits per heavy atom. The number of β-amino-alcohol motifs (C(OH)–C–C–N with tert-alkyl or cyclic N) is 1. The number of amides is 1. The van der Waals surface area contributed by atoms with Gasteiger partial charge in [-0.3, -0.25) is 9.69 Å². The average molecular weight is 367 g/mol. The monoisotopic (exact) mass is 366 g/mol. The van der Waals surface area contributed by atoms with Crippen molar-refractivity contribution in [2.75, 3.05) is 26.2 Å². The summed E-state index contributed by atoms with van der Waals surface area (Å²) in [7, 11) is 0. The van der Waals surface area contributed by atoms with Gasteiger partial charge >= 0.3 is 0 Å². The van der Waals surface area contributed by atoms with Crippen LogP contribution in [0.3, 0.4) is 0 Å². The molecule has 1 N–H and O–H groups in total. The first-order valence-corrected chi connectivity index (χ1v) is 9.72. The molecule has 4 nitrogen and oxygen atoms in total. The second kappa shape index (κ2) is 8.68. The number of benzene rings is 2. The molecule has 0 spiro atoms. The molecule has 2 aromatic carbocycles. The number of hydrogen-bond acceptors (Lipinski definition) is 3. The molecule has 144 valence electrons. The number of nitrogens with zero attached hydrogens (tertiary/aromatic N) is 2. The molecule has 27 heavy (non-hydrogen) atoms. The van der Waals surface area contributed by atoms with Crippen molar-refractivity contribution in [3.63, 3.8) is 0 Å². The second-order valence-electron chi connectivity index (χ2n) is 8.14. The van der Waals surface area contributed by atoms with Gasteiger partial charge in [0.25, 0.3) is 0 Å². The highest BCUT2D eigenvalue weighted by atomic mass is 16.3. The van der Waals surface area contributed by atoms with Gasteiger partial charge in [-0.1, -0.05) is 74.5 Å². The van der Waals surface area contributed by atoms with Crippen molar-refractivity contribution >= 4 is 5.91 Å².